The van der Waals surface area contributed by atoms with Gasteiger partial charge in [-0.1, -0.05) is 6.08 Å². The molecule has 1 aromatic carbocycles. The summed E-state index contributed by atoms with van der Waals surface area (Å²) in [5.41, 5.74) is -0.275. The van der Waals surface area contributed by atoms with Gasteiger partial charge in [0, 0.05) is 18.8 Å². The van der Waals surface area contributed by atoms with Crippen molar-refractivity contribution in [2.24, 2.45) is 0 Å². The summed E-state index contributed by atoms with van der Waals surface area (Å²) in [6.07, 6.45) is 1.54. The van der Waals surface area contributed by atoms with Crippen molar-refractivity contribution in [2.45, 2.75) is 20.0 Å². The number of nitrogens with zero attached hydrogens (tertiary/aromatic N) is 4. The van der Waals surface area contributed by atoms with Crippen molar-refractivity contribution in [3.8, 4) is 5.75 Å². The molecule has 2 heterocycles. The number of aromatic nitrogens is 3. The van der Waals surface area contributed by atoms with Gasteiger partial charge in [0.2, 0.25) is 5.95 Å². The van der Waals surface area contributed by atoms with Gasteiger partial charge in [0.1, 0.15) is 5.75 Å². The van der Waals surface area contributed by atoms with E-state index >= 15 is 0 Å². The molecule has 0 radical (unpaired) electrons. The summed E-state index contributed by atoms with van der Waals surface area (Å²) in [5.74, 6) is 1.26. The highest BCUT2D eigenvalue weighted by Gasteiger charge is 2.25. The van der Waals surface area contributed by atoms with Crippen LogP contribution in [0.1, 0.15) is 6.92 Å². The molecule has 0 unspecified atom stereocenters. The molecule has 1 aliphatic heterocycles. The molecule has 1 aliphatic rings. The SMILES string of the molecule is C=CCn1nc2n(c(=O)c1=O)CCN2c1ccc(OCC)cc1. The Kier molecular flexibility index (Phi) is 4.01. The third-order valence-electron chi connectivity index (χ3n) is 3.66. The van der Waals surface area contributed by atoms with E-state index in [1.807, 2.05) is 36.1 Å². The molecule has 1 aromatic heterocycles. The van der Waals surface area contributed by atoms with Crippen LogP contribution < -0.4 is 20.8 Å². The number of anilines is 2. The van der Waals surface area contributed by atoms with Crippen LogP contribution in [0.5, 0.6) is 5.75 Å². The molecular formula is C16H18N4O3. The van der Waals surface area contributed by atoms with Crippen LogP contribution in [0, 0.1) is 0 Å². The Bertz CT molecular complexity index is 836. The van der Waals surface area contributed by atoms with Gasteiger partial charge in [0.25, 0.3) is 0 Å². The molecule has 7 heteroatoms. The average molecular weight is 314 g/mol. The highest BCUT2D eigenvalue weighted by Crippen LogP contribution is 2.27. The third-order valence-corrected chi connectivity index (χ3v) is 3.66. The number of fused-ring (bicyclic) bond motifs is 1. The van der Waals surface area contributed by atoms with Crippen LogP contribution in [0.2, 0.25) is 0 Å². The van der Waals surface area contributed by atoms with Crippen LogP contribution in [-0.2, 0) is 13.1 Å². The maximum absolute atomic E-state index is 12.2. The molecule has 0 amide bonds. The number of benzene rings is 1. The van der Waals surface area contributed by atoms with Gasteiger partial charge in [-0.3, -0.25) is 14.2 Å². The van der Waals surface area contributed by atoms with E-state index in [0.29, 0.717) is 25.6 Å². The van der Waals surface area contributed by atoms with Gasteiger partial charge < -0.3 is 9.64 Å². The standard InChI is InChI=1S/C16H18N4O3/c1-3-9-20-15(22)14(21)19-11-10-18(16(19)17-20)12-5-7-13(8-6-12)23-4-2/h3,5-8H,1,4,9-11H2,2H3. The van der Waals surface area contributed by atoms with Crippen LogP contribution in [0.15, 0.2) is 46.5 Å². The zero-order valence-electron chi connectivity index (χ0n) is 12.9. The molecule has 0 fully saturated rings. The van der Waals surface area contributed by atoms with Gasteiger partial charge in [-0.05, 0) is 31.2 Å². The molecule has 0 saturated carbocycles. The molecule has 2 aromatic rings. The predicted molar refractivity (Wildman–Crippen MR) is 87.6 cm³/mol. The Hall–Kier alpha value is -2.83. The molecule has 0 saturated heterocycles. The molecule has 0 atom stereocenters. The van der Waals surface area contributed by atoms with Gasteiger partial charge >= 0.3 is 11.1 Å². The number of ether oxygens (including phenoxy) is 1. The molecule has 7 nitrogen and oxygen atoms in total. The average Bonchev–Trinajstić information content (AvgIpc) is 2.97. The molecule has 3 rings (SSSR count). The van der Waals surface area contributed by atoms with Crippen LogP contribution in [-0.4, -0.2) is 27.5 Å². The molecule has 0 spiro atoms. The summed E-state index contributed by atoms with van der Waals surface area (Å²) in [4.78, 5) is 26.1. The van der Waals surface area contributed by atoms with Gasteiger partial charge in [-0.2, -0.15) is 0 Å². The summed E-state index contributed by atoms with van der Waals surface area (Å²) in [7, 11) is 0. The number of hydrogen-bond donors (Lipinski definition) is 0. The van der Waals surface area contributed by atoms with Crippen molar-refractivity contribution in [1.29, 1.82) is 0 Å². The highest BCUT2D eigenvalue weighted by molar-refractivity contribution is 5.59. The maximum Gasteiger partial charge on any atom is 0.333 e. The lowest BCUT2D eigenvalue weighted by atomic mass is 10.3. The summed E-state index contributed by atoms with van der Waals surface area (Å²) < 4.78 is 7.99. The minimum Gasteiger partial charge on any atom is -0.494 e. The summed E-state index contributed by atoms with van der Waals surface area (Å²) in [6.45, 7) is 7.37. The van der Waals surface area contributed by atoms with E-state index in [2.05, 4.69) is 11.7 Å². The van der Waals surface area contributed by atoms with Crippen molar-refractivity contribution in [2.75, 3.05) is 18.1 Å². The molecule has 23 heavy (non-hydrogen) atoms. The first-order valence-corrected chi connectivity index (χ1v) is 7.49. The first kappa shape index (κ1) is 15.1. The normalized spacial score (nSPS) is 13.0. The van der Waals surface area contributed by atoms with E-state index in [-0.39, 0.29) is 6.54 Å². The minimum absolute atomic E-state index is 0.207. The largest absolute Gasteiger partial charge is 0.494 e. The monoisotopic (exact) mass is 314 g/mol. The van der Waals surface area contributed by atoms with E-state index in [9.17, 15) is 9.59 Å². The minimum atomic E-state index is -0.623. The van der Waals surface area contributed by atoms with E-state index in [1.54, 1.807) is 6.08 Å². The van der Waals surface area contributed by atoms with Crippen molar-refractivity contribution in [3.63, 3.8) is 0 Å². The second-order valence-corrected chi connectivity index (χ2v) is 5.11. The zero-order valence-corrected chi connectivity index (χ0v) is 12.9. The molecule has 0 bridgehead atoms. The fraction of sp³-hybridized carbons (Fsp3) is 0.312. The van der Waals surface area contributed by atoms with E-state index in [0.717, 1.165) is 16.1 Å². The van der Waals surface area contributed by atoms with Crippen LogP contribution in [0.25, 0.3) is 0 Å². The Morgan fingerprint density at radius 2 is 1.96 bits per heavy atom. The molecular weight excluding hydrogens is 296 g/mol. The fourth-order valence-electron chi connectivity index (χ4n) is 2.60. The van der Waals surface area contributed by atoms with Crippen LogP contribution in [0.3, 0.4) is 0 Å². The van der Waals surface area contributed by atoms with Gasteiger partial charge in [-0.25, -0.2) is 4.68 Å². The molecule has 120 valence electrons. The topological polar surface area (TPSA) is 69.4 Å². The fourth-order valence-corrected chi connectivity index (χ4v) is 2.60. The first-order chi connectivity index (χ1) is 11.2. The van der Waals surface area contributed by atoms with E-state index in [4.69, 9.17) is 4.74 Å². The molecule has 0 aliphatic carbocycles. The van der Waals surface area contributed by atoms with E-state index < -0.39 is 11.1 Å². The lowest BCUT2D eigenvalue weighted by molar-refractivity contribution is 0.340. The van der Waals surface area contributed by atoms with Crippen LogP contribution >= 0.6 is 0 Å². The third kappa shape index (κ3) is 2.65. The Balaban J connectivity index is 2.02. The quantitative estimate of drug-likeness (QED) is 0.611. The lowest BCUT2D eigenvalue weighted by Crippen LogP contribution is -2.42. The molecule has 0 N–H and O–H groups in total. The Morgan fingerprint density at radius 1 is 1.22 bits per heavy atom. The number of rotatable bonds is 5. The maximum atomic E-state index is 12.2. The second kappa shape index (κ2) is 6.12. The summed E-state index contributed by atoms with van der Waals surface area (Å²) in [5, 5.41) is 4.31. The Labute approximate surface area is 133 Å². The smallest absolute Gasteiger partial charge is 0.333 e. The van der Waals surface area contributed by atoms with Crippen molar-refractivity contribution in [1.82, 2.24) is 14.3 Å². The van der Waals surface area contributed by atoms with Crippen molar-refractivity contribution in [3.05, 3.63) is 57.6 Å². The second-order valence-electron chi connectivity index (χ2n) is 5.11. The van der Waals surface area contributed by atoms with E-state index in [1.165, 1.54) is 4.57 Å². The van der Waals surface area contributed by atoms with Gasteiger partial charge in [0.05, 0.1) is 13.2 Å². The summed E-state index contributed by atoms with van der Waals surface area (Å²) in [6, 6.07) is 7.57. The predicted octanol–water partition coefficient (Wildman–Crippen LogP) is 1.14. The lowest BCUT2D eigenvalue weighted by Gasteiger charge is -2.18. The first-order valence-electron chi connectivity index (χ1n) is 7.49. The number of hydrogen-bond acceptors (Lipinski definition) is 5. The van der Waals surface area contributed by atoms with Crippen LogP contribution in [0.4, 0.5) is 11.6 Å². The number of allylic oxidation sites excluding steroid dienone is 1. The zero-order chi connectivity index (χ0) is 16.4. The van der Waals surface area contributed by atoms with Crippen molar-refractivity contribution < 1.29 is 4.74 Å². The van der Waals surface area contributed by atoms with Crippen molar-refractivity contribution >= 4 is 11.6 Å². The highest BCUT2D eigenvalue weighted by atomic mass is 16.5. The summed E-state index contributed by atoms with van der Waals surface area (Å²) >= 11 is 0. The van der Waals surface area contributed by atoms with Gasteiger partial charge in [-0.15, -0.1) is 11.7 Å². The Morgan fingerprint density at radius 3 is 2.61 bits per heavy atom. The van der Waals surface area contributed by atoms with Gasteiger partial charge in [0.15, 0.2) is 0 Å².